The molecule has 2 heterocycles. The third-order valence-corrected chi connectivity index (χ3v) is 7.74. The lowest BCUT2D eigenvalue weighted by atomic mass is 9.79. The first-order chi connectivity index (χ1) is 21.1. The van der Waals surface area contributed by atoms with Crippen LogP contribution in [0.2, 0.25) is 0 Å². The van der Waals surface area contributed by atoms with Gasteiger partial charge in [-0.05, 0) is 24.3 Å². The van der Waals surface area contributed by atoms with E-state index in [-0.39, 0.29) is 11.3 Å². The summed E-state index contributed by atoms with van der Waals surface area (Å²) in [5.41, 5.74) is -4.12. The van der Waals surface area contributed by atoms with E-state index in [0.717, 1.165) is 6.07 Å². The van der Waals surface area contributed by atoms with Gasteiger partial charge < -0.3 is 74.8 Å². The smallest absolute Gasteiger partial charge is 0.338 e. The maximum absolute atomic E-state index is 12.9. The van der Waals surface area contributed by atoms with E-state index in [1.807, 2.05) is 0 Å². The van der Waals surface area contributed by atoms with Gasteiger partial charge in [0.05, 0.1) is 12.2 Å². The number of benzene rings is 2. The molecule has 0 spiro atoms. The van der Waals surface area contributed by atoms with Gasteiger partial charge in [0.25, 0.3) is 0 Å². The molecule has 5 rings (SSSR count). The summed E-state index contributed by atoms with van der Waals surface area (Å²) in [6.07, 6.45) is -15.7. The third-order valence-electron chi connectivity index (χ3n) is 7.74. The van der Waals surface area contributed by atoms with Crippen LogP contribution in [0, 0.1) is 0 Å². The summed E-state index contributed by atoms with van der Waals surface area (Å²) in [4.78, 5) is 25.5. The van der Waals surface area contributed by atoms with Crippen LogP contribution >= 0.6 is 0 Å². The van der Waals surface area contributed by atoms with E-state index in [2.05, 4.69) is 0 Å². The Morgan fingerprint density at radius 1 is 0.867 bits per heavy atom. The quantitative estimate of drug-likeness (QED) is 0.0992. The molecule has 1 saturated heterocycles. The van der Waals surface area contributed by atoms with E-state index in [4.69, 9.17) is 18.6 Å². The number of esters is 1. The van der Waals surface area contributed by atoms with Crippen molar-refractivity contribution in [2.24, 2.45) is 0 Å². The molecule has 3 aromatic rings. The van der Waals surface area contributed by atoms with Crippen LogP contribution in [0.1, 0.15) is 12.8 Å². The SMILES string of the molecule is O=C(OCC1O[C@@H](Oc2cc(O)c3c(=O)c(O)c(-c4ccc(O)cc4)oc3c2O)C(O)[C@@H](O)[C@@H]1O)C1(O)C[C@@H](O)C(O)[C@H](O)C1. The van der Waals surface area contributed by atoms with E-state index in [9.17, 15) is 65.8 Å². The minimum atomic E-state index is -2.42. The number of fused-ring (bicyclic) bond motifs is 1. The molecule has 1 aliphatic carbocycles. The van der Waals surface area contributed by atoms with Gasteiger partial charge in [-0.3, -0.25) is 4.79 Å². The van der Waals surface area contributed by atoms with Crippen molar-refractivity contribution in [3.05, 3.63) is 40.6 Å². The summed E-state index contributed by atoms with van der Waals surface area (Å²) in [7, 11) is 0. The molecule has 7 atom stereocenters. The van der Waals surface area contributed by atoms with Crippen molar-refractivity contribution in [2.45, 2.75) is 67.5 Å². The minimum absolute atomic E-state index is 0.105. The lowest BCUT2D eigenvalue weighted by Gasteiger charge is -2.41. The van der Waals surface area contributed by atoms with Crippen LogP contribution in [0.3, 0.4) is 0 Å². The molecule has 0 radical (unpaired) electrons. The van der Waals surface area contributed by atoms with Crippen LogP contribution in [-0.2, 0) is 14.3 Å². The summed E-state index contributed by atoms with van der Waals surface area (Å²) in [6, 6.07) is 5.78. The van der Waals surface area contributed by atoms with Crippen LogP contribution in [0.15, 0.2) is 39.5 Å². The molecular formula is C28H30O17. The molecular weight excluding hydrogens is 608 g/mol. The van der Waals surface area contributed by atoms with Crippen LogP contribution in [0.5, 0.6) is 28.7 Å². The standard InChI is InChI=1S/C28H30O17/c29-10-3-1-9(2-4-10)24-22(38)20(36)16-11(30)5-14(19(35)25(16)45-24)43-26-23(39)21(37)18(34)15(44-26)8-42-27(40)28(41)6-12(31)17(33)13(32)7-28/h1-5,12-13,15,17-18,21,23,26,29-35,37-39,41H,6-8H2/t12-,13-,15?,17?,18-,21+,23?,26-,28?/m1/s1. The molecule has 2 unspecified atom stereocenters. The molecule has 2 aliphatic rings. The Balaban J connectivity index is 1.39. The zero-order valence-corrected chi connectivity index (χ0v) is 23.0. The largest absolute Gasteiger partial charge is 0.508 e. The summed E-state index contributed by atoms with van der Waals surface area (Å²) in [5.74, 6) is -5.28. The first kappa shape index (κ1) is 32.2. The Morgan fingerprint density at radius 2 is 1.49 bits per heavy atom. The molecule has 11 N–H and O–H groups in total. The number of aliphatic hydroxyl groups is 7. The number of carbonyl (C=O) groups is 1. The fourth-order valence-electron chi connectivity index (χ4n) is 5.21. The van der Waals surface area contributed by atoms with Crippen molar-refractivity contribution < 1.29 is 79.6 Å². The molecule has 244 valence electrons. The monoisotopic (exact) mass is 638 g/mol. The fraction of sp³-hybridized carbons (Fsp3) is 0.429. The second-order valence-corrected chi connectivity index (χ2v) is 10.9. The highest BCUT2D eigenvalue weighted by Crippen LogP contribution is 2.43. The van der Waals surface area contributed by atoms with Gasteiger partial charge in [-0.15, -0.1) is 0 Å². The highest BCUT2D eigenvalue weighted by Gasteiger charge is 2.51. The number of ether oxygens (including phenoxy) is 3. The van der Waals surface area contributed by atoms with Crippen LogP contribution in [0.25, 0.3) is 22.3 Å². The van der Waals surface area contributed by atoms with Crippen molar-refractivity contribution in [3.8, 4) is 40.1 Å². The number of aliphatic hydroxyl groups excluding tert-OH is 6. The average Bonchev–Trinajstić information content (AvgIpc) is 2.99. The third kappa shape index (κ3) is 5.83. The molecule has 2 fully saturated rings. The van der Waals surface area contributed by atoms with Crippen molar-refractivity contribution in [1.82, 2.24) is 0 Å². The van der Waals surface area contributed by atoms with Gasteiger partial charge in [0.1, 0.15) is 54.0 Å². The van der Waals surface area contributed by atoms with Crippen LogP contribution < -0.4 is 10.2 Å². The van der Waals surface area contributed by atoms with Crippen LogP contribution in [0.4, 0.5) is 0 Å². The molecule has 0 amide bonds. The van der Waals surface area contributed by atoms with E-state index < -0.39 is 125 Å². The van der Waals surface area contributed by atoms with Gasteiger partial charge in [0.2, 0.25) is 23.2 Å². The summed E-state index contributed by atoms with van der Waals surface area (Å²) in [5, 5.41) is 112. The van der Waals surface area contributed by atoms with E-state index >= 15 is 0 Å². The molecule has 1 aliphatic heterocycles. The Bertz CT molecular complexity index is 1620. The predicted octanol–water partition coefficient (Wildman–Crippen LogP) is -2.38. The zero-order valence-electron chi connectivity index (χ0n) is 23.0. The number of hydrogen-bond acceptors (Lipinski definition) is 17. The van der Waals surface area contributed by atoms with Gasteiger partial charge in [-0.2, -0.15) is 0 Å². The number of rotatable bonds is 6. The Morgan fingerprint density at radius 3 is 2.11 bits per heavy atom. The summed E-state index contributed by atoms with van der Waals surface area (Å²) >= 11 is 0. The van der Waals surface area contributed by atoms with Crippen molar-refractivity contribution in [2.75, 3.05) is 6.61 Å². The number of phenols is 3. The highest BCUT2D eigenvalue weighted by atomic mass is 16.7. The number of aromatic hydroxyl groups is 4. The molecule has 17 heteroatoms. The van der Waals surface area contributed by atoms with Crippen LogP contribution in [-0.4, -0.2) is 123 Å². The normalized spacial score (nSPS) is 31.9. The Kier molecular flexibility index (Phi) is 8.55. The van der Waals surface area contributed by atoms with E-state index in [1.54, 1.807) is 0 Å². The summed E-state index contributed by atoms with van der Waals surface area (Å²) < 4.78 is 21.4. The first-order valence-corrected chi connectivity index (χ1v) is 13.5. The Labute approximate surface area is 251 Å². The van der Waals surface area contributed by atoms with E-state index in [0.29, 0.717) is 0 Å². The predicted molar refractivity (Wildman–Crippen MR) is 145 cm³/mol. The number of hydrogen-bond donors (Lipinski definition) is 11. The molecule has 1 saturated carbocycles. The van der Waals surface area contributed by atoms with Gasteiger partial charge in [0.15, 0.2) is 22.7 Å². The maximum atomic E-state index is 12.9. The Hall–Kier alpha value is -4.20. The zero-order chi connectivity index (χ0) is 33.0. The summed E-state index contributed by atoms with van der Waals surface area (Å²) in [6.45, 7) is -0.861. The lowest BCUT2D eigenvalue weighted by molar-refractivity contribution is -0.280. The average molecular weight is 639 g/mol. The van der Waals surface area contributed by atoms with Gasteiger partial charge >= 0.3 is 5.97 Å². The van der Waals surface area contributed by atoms with Crippen molar-refractivity contribution >= 4 is 16.9 Å². The molecule has 0 bridgehead atoms. The number of phenolic OH excluding ortho intramolecular Hbond substituents is 3. The molecule has 45 heavy (non-hydrogen) atoms. The number of carbonyl (C=O) groups excluding carboxylic acids is 1. The van der Waals surface area contributed by atoms with Gasteiger partial charge in [-0.1, -0.05) is 0 Å². The van der Waals surface area contributed by atoms with Crippen molar-refractivity contribution in [1.29, 1.82) is 0 Å². The van der Waals surface area contributed by atoms with Gasteiger partial charge in [-0.25, -0.2) is 4.79 Å². The topological polar surface area (TPSA) is 298 Å². The van der Waals surface area contributed by atoms with Gasteiger partial charge in [0, 0.05) is 24.5 Å². The van der Waals surface area contributed by atoms with Crippen molar-refractivity contribution in [3.63, 3.8) is 0 Å². The highest BCUT2D eigenvalue weighted by molar-refractivity contribution is 5.93. The second-order valence-electron chi connectivity index (χ2n) is 10.9. The second kappa shape index (κ2) is 12.0. The molecule has 2 aromatic carbocycles. The fourth-order valence-corrected chi connectivity index (χ4v) is 5.21. The van der Waals surface area contributed by atoms with E-state index in [1.165, 1.54) is 24.3 Å². The molecule has 1 aromatic heterocycles. The first-order valence-electron chi connectivity index (χ1n) is 13.5. The maximum Gasteiger partial charge on any atom is 0.338 e. The minimum Gasteiger partial charge on any atom is -0.508 e. The molecule has 17 nitrogen and oxygen atoms in total. The lowest BCUT2D eigenvalue weighted by Crippen LogP contribution is -2.61.